The molecule has 0 spiro atoms. The third-order valence-corrected chi connectivity index (χ3v) is 9.35. The smallest absolute Gasteiger partial charge is 0.320 e. The summed E-state index contributed by atoms with van der Waals surface area (Å²) in [5.41, 5.74) is 4.10. The van der Waals surface area contributed by atoms with Crippen molar-refractivity contribution in [3.8, 4) is 17.3 Å². The van der Waals surface area contributed by atoms with E-state index < -0.39 is 0 Å². The SMILES string of the molecule is C=CC(=O)N1CC[C@@H]2[C@H]1CN2c1nc(OC[C@@H]2CCCN2C)nc2nc(-c3cccc4c3CCCC4)c(F)cc12. The Hall–Kier alpha value is -3.59. The first-order valence-corrected chi connectivity index (χ1v) is 14.5. The van der Waals surface area contributed by atoms with Crippen molar-refractivity contribution in [1.29, 1.82) is 0 Å². The first-order valence-electron chi connectivity index (χ1n) is 14.5. The summed E-state index contributed by atoms with van der Waals surface area (Å²) in [5, 5.41) is 0.573. The summed E-state index contributed by atoms with van der Waals surface area (Å²) in [6.07, 6.45) is 8.63. The number of aromatic nitrogens is 3. The van der Waals surface area contributed by atoms with Crippen molar-refractivity contribution >= 4 is 22.8 Å². The molecule has 3 aromatic rings. The number of carbonyl (C=O) groups excluding carboxylic acids is 1. The summed E-state index contributed by atoms with van der Waals surface area (Å²) >= 11 is 0. The Kier molecular flexibility index (Phi) is 6.41. The predicted molar refractivity (Wildman–Crippen MR) is 152 cm³/mol. The lowest BCUT2D eigenvalue weighted by atomic mass is 9.87. The van der Waals surface area contributed by atoms with Crippen LogP contribution in [-0.2, 0) is 17.6 Å². The summed E-state index contributed by atoms with van der Waals surface area (Å²) in [4.78, 5) is 33.0. The van der Waals surface area contributed by atoms with E-state index in [4.69, 9.17) is 19.7 Å². The predicted octanol–water partition coefficient (Wildman–Crippen LogP) is 4.16. The van der Waals surface area contributed by atoms with E-state index in [-0.39, 0.29) is 29.8 Å². The number of aryl methyl sites for hydroxylation is 1. The van der Waals surface area contributed by atoms with Gasteiger partial charge < -0.3 is 19.4 Å². The normalized spacial score (nSPS) is 24.1. The lowest BCUT2D eigenvalue weighted by Gasteiger charge is -2.47. The van der Waals surface area contributed by atoms with Gasteiger partial charge in [-0.25, -0.2) is 9.37 Å². The molecule has 0 radical (unpaired) electrons. The van der Waals surface area contributed by atoms with Crippen LogP contribution in [0.3, 0.4) is 0 Å². The first-order chi connectivity index (χ1) is 19.5. The molecule has 40 heavy (non-hydrogen) atoms. The number of halogens is 1. The van der Waals surface area contributed by atoms with Gasteiger partial charge in [-0.15, -0.1) is 0 Å². The lowest BCUT2D eigenvalue weighted by molar-refractivity contribution is -0.127. The van der Waals surface area contributed by atoms with E-state index in [1.807, 2.05) is 17.0 Å². The molecule has 0 unspecified atom stereocenters. The van der Waals surface area contributed by atoms with Crippen molar-refractivity contribution in [2.45, 2.75) is 63.1 Å². The molecule has 0 saturated carbocycles. The molecule has 2 aromatic heterocycles. The van der Waals surface area contributed by atoms with Crippen LogP contribution in [0.4, 0.5) is 10.2 Å². The van der Waals surface area contributed by atoms with Crippen LogP contribution in [0.5, 0.6) is 6.01 Å². The zero-order valence-corrected chi connectivity index (χ0v) is 23.0. The molecule has 1 aliphatic carbocycles. The number of anilines is 1. The van der Waals surface area contributed by atoms with Crippen molar-refractivity contribution in [3.63, 3.8) is 0 Å². The van der Waals surface area contributed by atoms with Crippen molar-refractivity contribution in [2.75, 3.05) is 38.2 Å². The molecule has 1 amide bonds. The van der Waals surface area contributed by atoms with Gasteiger partial charge >= 0.3 is 6.01 Å². The van der Waals surface area contributed by atoms with Crippen LogP contribution < -0.4 is 9.64 Å². The third kappa shape index (κ3) is 4.22. The number of rotatable bonds is 6. The van der Waals surface area contributed by atoms with Gasteiger partial charge in [0.25, 0.3) is 0 Å². The summed E-state index contributed by atoms with van der Waals surface area (Å²) in [7, 11) is 2.11. The highest BCUT2D eigenvalue weighted by molar-refractivity contribution is 5.91. The maximum Gasteiger partial charge on any atom is 0.320 e. The fourth-order valence-electron chi connectivity index (χ4n) is 7.09. The number of carbonyl (C=O) groups is 1. The number of benzene rings is 1. The topological polar surface area (TPSA) is 74.7 Å². The molecule has 1 aromatic carbocycles. The van der Waals surface area contributed by atoms with E-state index in [1.54, 1.807) is 6.07 Å². The number of amides is 1. The number of hydrogen-bond donors (Lipinski definition) is 0. The van der Waals surface area contributed by atoms with Gasteiger partial charge in [-0.1, -0.05) is 24.8 Å². The molecule has 5 heterocycles. The van der Waals surface area contributed by atoms with Gasteiger partial charge in [0.2, 0.25) is 5.91 Å². The molecule has 3 aliphatic heterocycles. The molecule has 3 fully saturated rings. The molecule has 4 aliphatic rings. The number of ether oxygens (including phenoxy) is 1. The molecule has 208 valence electrons. The van der Waals surface area contributed by atoms with E-state index in [0.717, 1.165) is 57.1 Å². The molecule has 0 N–H and O–H groups in total. The Labute approximate surface area is 233 Å². The van der Waals surface area contributed by atoms with Crippen LogP contribution in [0.15, 0.2) is 36.9 Å². The summed E-state index contributed by atoms with van der Waals surface area (Å²) in [6.45, 7) is 6.50. The Balaban J connectivity index is 1.29. The molecule has 3 saturated heterocycles. The van der Waals surface area contributed by atoms with Gasteiger partial charge in [0.15, 0.2) is 5.65 Å². The van der Waals surface area contributed by atoms with E-state index in [0.29, 0.717) is 48.3 Å². The fraction of sp³-hybridized carbons (Fsp3) is 0.484. The minimum absolute atomic E-state index is 0.0482. The Morgan fingerprint density at radius 1 is 1.12 bits per heavy atom. The average molecular weight is 543 g/mol. The highest BCUT2D eigenvalue weighted by atomic mass is 19.1. The second kappa shape index (κ2) is 10.1. The highest BCUT2D eigenvalue weighted by Crippen LogP contribution is 2.40. The molecule has 9 heteroatoms. The van der Waals surface area contributed by atoms with Gasteiger partial charge in [-0.05, 0) is 81.8 Å². The molecule has 0 bridgehead atoms. The van der Waals surface area contributed by atoms with Crippen LogP contribution >= 0.6 is 0 Å². The van der Waals surface area contributed by atoms with Crippen molar-refractivity contribution in [3.05, 3.63) is 53.9 Å². The standard InChI is InChI=1S/C31H35FN6O2/c1-3-27(39)37-15-13-25-26(37)17-38(25)30-23-16-24(32)28(22-12-6-9-19-8-4-5-11-21(19)22)33-29(23)34-31(35-30)40-18-20-10-7-14-36(20)2/h3,6,9,12,16,20,25-26H,1,4-5,7-8,10-11,13-15,17-18H2,2H3/t20-,25+,26+/m0/s1. The second-order valence-corrected chi connectivity index (χ2v) is 11.6. The van der Waals surface area contributed by atoms with Crippen molar-refractivity contribution in [1.82, 2.24) is 24.8 Å². The van der Waals surface area contributed by atoms with E-state index in [2.05, 4.69) is 29.5 Å². The third-order valence-electron chi connectivity index (χ3n) is 9.35. The Morgan fingerprint density at radius 3 is 2.83 bits per heavy atom. The monoisotopic (exact) mass is 542 g/mol. The largest absolute Gasteiger partial charge is 0.462 e. The van der Waals surface area contributed by atoms with Gasteiger partial charge in [0.1, 0.15) is 23.9 Å². The summed E-state index contributed by atoms with van der Waals surface area (Å²) in [5.74, 6) is 0.208. The Morgan fingerprint density at radius 2 is 2.00 bits per heavy atom. The summed E-state index contributed by atoms with van der Waals surface area (Å²) < 4.78 is 22.1. The van der Waals surface area contributed by atoms with E-state index in [9.17, 15) is 4.79 Å². The lowest BCUT2D eigenvalue weighted by Crippen LogP contribution is -2.63. The van der Waals surface area contributed by atoms with Crippen molar-refractivity contribution in [2.24, 2.45) is 0 Å². The van der Waals surface area contributed by atoms with E-state index >= 15 is 4.39 Å². The van der Waals surface area contributed by atoms with Crippen LogP contribution in [0.2, 0.25) is 0 Å². The fourth-order valence-corrected chi connectivity index (χ4v) is 7.09. The molecule has 3 atom stereocenters. The maximum atomic E-state index is 15.9. The molecular weight excluding hydrogens is 507 g/mol. The second-order valence-electron chi connectivity index (χ2n) is 11.6. The van der Waals surface area contributed by atoms with Crippen LogP contribution in [0, 0.1) is 5.82 Å². The van der Waals surface area contributed by atoms with Gasteiger partial charge in [0, 0.05) is 24.7 Å². The van der Waals surface area contributed by atoms with Crippen LogP contribution in [0.25, 0.3) is 22.3 Å². The maximum absolute atomic E-state index is 15.9. The van der Waals surface area contributed by atoms with Gasteiger partial charge in [-0.2, -0.15) is 9.97 Å². The van der Waals surface area contributed by atoms with Gasteiger partial charge in [-0.3, -0.25) is 4.79 Å². The van der Waals surface area contributed by atoms with Crippen LogP contribution in [0.1, 0.15) is 43.2 Å². The van der Waals surface area contributed by atoms with E-state index in [1.165, 1.54) is 17.2 Å². The first kappa shape index (κ1) is 25.4. The number of nitrogens with zero attached hydrogens (tertiary/aromatic N) is 6. The number of likely N-dealkylation sites (tertiary alicyclic amines) is 2. The summed E-state index contributed by atoms with van der Waals surface area (Å²) in [6, 6.07) is 8.45. The number of hydrogen-bond acceptors (Lipinski definition) is 7. The molecule has 7 rings (SSSR count). The van der Waals surface area contributed by atoms with Crippen LogP contribution in [-0.4, -0.2) is 82.1 Å². The molecule has 8 nitrogen and oxygen atoms in total. The zero-order valence-electron chi connectivity index (χ0n) is 23.0. The highest BCUT2D eigenvalue weighted by Gasteiger charge is 2.49. The number of likely N-dealkylation sites (N-methyl/N-ethyl adjacent to an activating group) is 1. The van der Waals surface area contributed by atoms with Gasteiger partial charge in [0.05, 0.1) is 17.5 Å². The minimum atomic E-state index is -0.371. The molecular formula is C31H35FN6O2. The van der Waals surface area contributed by atoms with Crippen molar-refractivity contribution < 1.29 is 13.9 Å². The quantitative estimate of drug-likeness (QED) is 0.433. The number of pyridine rings is 1. The zero-order chi connectivity index (χ0) is 27.4. The minimum Gasteiger partial charge on any atom is -0.462 e. The Bertz CT molecular complexity index is 1490. The average Bonchev–Trinajstić information content (AvgIpc) is 3.53. The number of fused-ring (bicyclic) bond motifs is 3.